The molecule has 1 aromatic rings. The van der Waals surface area contributed by atoms with Gasteiger partial charge in [0, 0.05) is 19.5 Å². The molecule has 1 rings (SSSR count). The number of rotatable bonds is 10. The van der Waals surface area contributed by atoms with Gasteiger partial charge in [0.25, 0.3) is 0 Å². The predicted octanol–water partition coefficient (Wildman–Crippen LogP) is 1.84. The number of carboxylic acid groups (broad SMARTS) is 1. The second-order valence-corrected chi connectivity index (χ2v) is 5.06. The smallest absolute Gasteiger partial charge is 0.303 e. The van der Waals surface area contributed by atoms with Gasteiger partial charge in [-0.25, -0.2) is 0 Å². The first-order chi connectivity index (χ1) is 10.1. The third kappa shape index (κ3) is 7.46. The van der Waals surface area contributed by atoms with Crippen LogP contribution in [0.1, 0.15) is 43.2 Å². The summed E-state index contributed by atoms with van der Waals surface area (Å²) in [6.45, 7) is 1.07. The molecule has 0 radical (unpaired) electrons. The number of carboxylic acids is 1. The molecule has 0 spiro atoms. The van der Waals surface area contributed by atoms with Gasteiger partial charge in [0.15, 0.2) is 0 Å². The highest BCUT2D eigenvalue weighted by Crippen LogP contribution is 2.08. The van der Waals surface area contributed by atoms with E-state index in [0.717, 1.165) is 30.4 Å². The lowest BCUT2D eigenvalue weighted by Crippen LogP contribution is -2.26. The number of carbonyl (C=O) groups excluding carboxylic acids is 1. The summed E-state index contributed by atoms with van der Waals surface area (Å²) in [4.78, 5) is 22.2. The van der Waals surface area contributed by atoms with E-state index in [0.29, 0.717) is 25.9 Å². The summed E-state index contributed by atoms with van der Waals surface area (Å²) in [5.41, 5.74) is 7.61. The topological polar surface area (TPSA) is 92.4 Å². The van der Waals surface area contributed by atoms with Crippen molar-refractivity contribution in [3.8, 4) is 0 Å². The minimum absolute atomic E-state index is 0.00133. The van der Waals surface area contributed by atoms with E-state index < -0.39 is 5.97 Å². The predicted molar refractivity (Wildman–Crippen MR) is 81.8 cm³/mol. The zero-order valence-corrected chi connectivity index (χ0v) is 12.3. The average Bonchev–Trinajstić information content (AvgIpc) is 2.46. The number of nitrogens with two attached hydrogens (primary N) is 1. The van der Waals surface area contributed by atoms with Crippen molar-refractivity contribution in [2.45, 2.75) is 45.1 Å². The van der Waals surface area contributed by atoms with Crippen molar-refractivity contribution < 1.29 is 14.7 Å². The zero-order valence-electron chi connectivity index (χ0n) is 12.3. The number of amides is 1. The molecule has 0 fully saturated rings. The Bertz CT molecular complexity index is 461. The van der Waals surface area contributed by atoms with Crippen molar-refractivity contribution in [1.29, 1.82) is 0 Å². The van der Waals surface area contributed by atoms with Gasteiger partial charge in [0.2, 0.25) is 5.91 Å². The van der Waals surface area contributed by atoms with E-state index in [4.69, 9.17) is 10.8 Å². The lowest BCUT2D eigenvalue weighted by atomic mass is 10.0. The molecule has 1 amide bonds. The maximum Gasteiger partial charge on any atom is 0.303 e. The summed E-state index contributed by atoms with van der Waals surface area (Å²) in [5.74, 6) is -0.747. The molecule has 5 nitrogen and oxygen atoms in total. The molecular formula is C16H24N2O3. The third-order valence-electron chi connectivity index (χ3n) is 3.33. The van der Waals surface area contributed by atoms with Crippen LogP contribution in [0.3, 0.4) is 0 Å². The standard InChI is InChI=1S/C16H24N2O3/c17-12-14-8-5-4-7-13(14)11-15(19)18-10-6-2-1-3-9-16(20)21/h4-5,7-8H,1-3,6,9-12,17H2,(H,18,19)(H,20,21). The Hall–Kier alpha value is -1.88. The van der Waals surface area contributed by atoms with E-state index in [1.807, 2.05) is 24.3 Å². The van der Waals surface area contributed by atoms with Crippen LogP contribution < -0.4 is 11.1 Å². The summed E-state index contributed by atoms with van der Waals surface area (Å²) < 4.78 is 0. The van der Waals surface area contributed by atoms with Gasteiger partial charge in [0.1, 0.15) is 0 Å². The summed E-state index contributed by atoms with van der Waals surface area (Å²) in [5, 5.41) is 11.4. The molecule has 0 atom stereocenters. The van der Waals surface area contributed by atoms with Crippen LogP contribution in [0.4, 0.5) is 0 Å². The van der Waals surface area contributed by atoms with Crippen LogP contribution in [0.25, 0.3) is 0 Å². The fraction of sp³-hybridized carbons (Fsp3) is 0.500. The molecule has 0 saturated carbocycles. The summed E-state index contributed by atoms with van der Waals surface area (Å²) in [6, 6.07) is 7.68. The molecule has 0 aliphatic heterocycles. The molecule has 21 heavy (non-hydrogen) atoms. The molecule has 0 heterocycles. The number of hydrogen-bond donors (Lipinski definition) is 3. The van der Waals surface area contributed by atoms with Crippen LogP contribution >= 0.6 is 0 Å². The van der Waals surface area contributed by atoms with Gasteiger partial charge >= 0.3 is 5.97 Å². The largest absolute Gasteiger partial charge is 0.481 e. The first-order valence-corrected chi connectivity index (χ1v) is 7.39. The first kappa shape index (κ1) is 17.2. The van der Waals surface area contributed by atoms with Crippen LogP contribution in [0.2, 0.25) is 0 Å². The summed E-state index contributed by atoms with van der Waals surface area (Å²) >= 11 is 0. The highest BCUT2D eigenvalue weighted by molar-refractivity contribution is 5.78. The number of hydrogen-bond acceptors (Lipinski definition) is 3. The van der Waals surface area contributed by atoms with Gasteiger partial charge in [-0.2, -0.15) is 0 Å². The van der Waals surface area contributed by atoms with Crippen LogP contribution in [-0.4, -0.2) is 23.5 Å². The van der Waals surface area contributed by atoms with E-state index in [2.05, 4.69) is 5.32 Å². The molecule has 0 bridgehead atoms. The van der Waals surface area contributed by atoms with Gasteiger partial charge in [-0.3, -0.25) is 9.59 Å². The van der Waals surface area contributed by atoms with E-state index in [1.54, 1.807) is 0 Å². The number of aliphatic carboxylic acids is 1. The maximum atomic E-state index is 11.8. The minimum atomic E-state index is -0.748. The van der Waals surface area contributed by atoms with Crippen LogP contribution in [0, 0.1) is 0 Å². The van der Waals surface area contributed by atoms with Gasteiger partial charge in [0.05, 0.1) is 6.42 Å². The van der Waals surface area contributed by atoms with E-state index in [-0.39, 0.29) is 12.3 Å². The quantitative estimate of drug-likeness (QED) is 0.574. The van der Waals surface area contributed by atoms with Crippen LogP contribution in [0.5, 0.6) is 0 Å². The van der Waals surface area contributed by atoms with Crippen molar-refractivity contribution in [3.63, 3.8) is 0 Å². The molecule has 0 aliphatic carbocycles. The minimum Gasteiger partial charge on any atom is -0.481 e. The van der Waals surface area contributed by atoms with E-state index >= 15 is 0 Å². The SMILES string of the molecule is NCc1ccccc1CC(=O)NCCCCCCC(=O)O. The fourth-order valence-electron chi connectivity index (χ4n) is 2.15. The Morgan fingerprint density at radius 1 is 1.05 bits per heavy atom. The molecule has 0 saturated heterocycles. The zero-order chi connectivity index (χ0) is 15.5. The van der Waals surface area contributed by atoms with E-state index in [1.165, 1.54) is 0 Å². The average molecular weight is 292 g/mol. The lowest BCUT2D eigenvalue weighted by Gasteiger charge is -2.08. The number of nitrogens with one attached hydrogen (secondary N) is 1. The molecule has 1 aromatic carbocycles. The normalized spacial score (nSPS) is 10.3. The van der Waals surface area contributed by atoms with Crippen LogP contribution in [0.15, 0.2) is 24.3 Å². The molecule has 0 aliphatic rings. The van der Waals surface area contributed by atoms with Gasteiger partial charge in [-0.05, 0) is 24.0 Å². The first-order valence-electron chi connectivity index (χ1n) is 7.39. The fourth-order valence-corrected chi connectivity index (χ4v) is 2.15. The van der Waals surface area contributed by atoms with E-state index in [9.17, 15) is 9.59 Å². The molecule has 4 N–H and O–H groups in total. The number of unbranched alkanes of at least 4 members (excludes halogenated alkanes) is 3. The third-order valence-corrected chi connectivity index (χ3v) is 3.33. The lowest BCUT2D eigenvalue weighted by molar-refractivity contribution is -0.137. The Balaban J connectivity index is 2.15. The van der Waals surface area contributed by atoms with Crippen molar-refractivity contribution in [2.24, 2.45) is 5.73 Å². The monoisotopic (exact) mass is 292 g/mol. The number of carbonyl (C=O) groups is 2. The van der Waals surface area contributed by atoms with Gasteiger partial charge in [-0.1, -0.05) is 37.1 Å². The molecule has 0 unspecified atom stereocenters. The van der Waals surface area contributed by atoms with Gasteiger partial charge < -0.3 is 16.2 Å². The molecule has 116 valence electrons. The summed E-state index contributed by atoms with van der Waals surface area (Å²) in [7, 11) is 0. The molecule has 0 aromatic heterocycles. The second-order valence-electron chi connectivity index (χ2n) is 5.06. The highest BCUT2D eigenvalue weighted by Gasteiger charge is 2.06. The van der Waals surface area contributed by atoms with Crippen molar-refractivity contribution in [3.05, 3.63) is 35.4 Å². The maximum absolute atomic E-state index is 11.8. The van der Waals surface area contributed by atoms with Gasteiger partial charge in [-0.15, -0.1) is 0 Å². The van der Waals surface area contributed by atoms with Crippen molar-refractivity contribution in [2.75, 3.05) is 6.54 Å². The molecule has 5 heteroatoms. The Labute approximate surface area is 125 Å². The second kappa shape index (κ2) is 9.94. The Kier molecular flexibility index (Phi) is 8.12. The highest BCUT2D eigenvalue weighted by atomic mass is 16.4. The Morgan fingerprint density at radius 3 is 2.38 bits per heavy atom. The van der Waals surface area contributed by atoms with Crippen molar-refractivity contribution in [1.82, 2.24) is 5.32 Å². The summed E-state index contributed by atoms with van der Waals surface area (Å²) in [6.07, 6.45) is 3.98. The van der Waals surface area contributed by atoms with Crippen LogP contribution in [-0.2, 0) is 22.6 Å². The Morgan fingerprint density at radius 2 is 1.71 bits per heavy atom. The molecular weight excluding hydrogens is 268 g/mol. The van der Waals surface area contributed by atoms with Crippen molar-refractivity contribution >= 4 is 11.9 Å². The number of benzene rings is 1.